The van der Waals surface area contributed by atoms with Gasteiger partial charge in [0.2, 0.25) is 0 Å². The summed E-state index contributed by atoms with van der Waals surface area (Å²) >= 11 is 0. The maximum absolute atomic E-state index is 11.2. The van der Waals surface area contributed by atoms with Crippen molar-refractivity contribution in [2.24, 2.45) is 5.92 Å². The van der Waals surface area contributed by atoms with Crippen LogP contribution >= 0.6 is 0 Å². The summed E-state index contributed by atoms with van der Waals surface area (Å²) in [5.41, 5.74) is 0. The van der Waals surface area contributed by atoms with Gasteiger partial charge in [0.15, 0.2) is 0 Å². The van der Waals surface area contributed by atoms with E-state index in [4.69, 9.17) is 0 Å². The largest absolute Gasteiger partial charge is 0.481 e. The van der Waals surface area contributed by atoms with Crippen LogP contribution in [0, 0.1) is 5.92 Å². The molecule has 3 nitrogen and oxygen atoms in total. The monoisotopic (exact) mass is 227 g/mol. The van der Waals surface area contributed by atoms with E-state index in [9.17, 15) is 9.90 Å². The smallest absolute Gasteiger partial charge is 0.301 e. The Kier molecular flexibility index (Phi) is 7.47. The Hall–Kier alpha value is -0.505. The first-order valence-corrected chi connectivity index (χ1v) is 6.36. The van der Waals surface area contributed by atoms with Crippen molar-refractivity contribution < 1.29 is 9.90 Å². The first-order valence-electron chi connectivity index (χ1n) is 6.36. The Labute approximate surface area is 100 Å². The van der Waals surface area contributed by atoms with E-state index in [1.165, 1.54) is 0 Å². The summed E-state index contributed by atoms with van der Waals surface area (Å²) in [6.07, 6.45) is 3.55. The lowest BCUT2D eigenvalue weighted by Gasteiger charge is -2.25. The SMILES string of the molecule is BC(CCCC)(CCNCC(C)C)C(=O)O. The zero-order chi connectivity index (χ0) is 12.6. The molecule has 0 fully saturated rings. The standard InChI is InChI=1S/C12H26BNO2/c1-4-5-6-12(13,11(15)16)7-8-14-9-10(2)3/h10,14H,4-9,13H2,1-3H3,(H,15,16). The normalized spacial score (nSPS) is 15.0. The van der Waals surface area contributed by atoms with Gasteiger partial charge in [0, 0.05) is 5.31 Å². The molecule has 1 unspecified atom stereocenters. The maximum Gasteiger partial charge on any atom is 0.301 e. The molecule has 0 amide bonds. The average Bonchev–Trinajstić information content (AvgIpc) is 2.21. The molecular weight excluding hydrogens is 201 g/mol. The molecule has 0 aliphatic carbocycles. The fourth-order valence-electron chi connectivity index (χ4n) is 1.66. The van der Waals surface area contributed by atoms with Crippen molar-refractivity contribution in [2.45, 2.75) is 51.8 Å². The number of carboxylic acids is 1. The molecule has 1 atom stereocenters. The Balaban J connectivity index is 3.98. The van der Waals surface area contributed by atoms with Gasteiger partial charge in [-0.2, -0.15) is 0 Å². The predicted molar refractivity (Wildman–Crippen MR) is 70.7 cm³/mol. The van der Waals surface area contributed by atoms with Gasteiger partial charge >= 0.3 is 5.97 Å². The minimum absolute atomic E-state index is 0.556. The molecule has 16 heavy (non-hydrogen) atoms. The number of hydrogen-bond donors (Lipinski definition) is 2. The second kappa shape index (κ2) is 7.72. The molecule has 0 aliphatic heterocycles. The van der Waals surface area contributed by atoms with E-state index >= 15 is 0 Å². The highest BCUT2D eigenvalue weighted by Crippen LogP contribution is 2.32. The van der Waals surface area contributed by atoms with E-state index in [0.717, 1.165) is 38.8 Å². The van der Waals surface area contributed by atoms with Gasteiger partial charge in [0.05, 0.1) is 0 Å². The highest BCUT2D eigenvalue weighted by atomic mass is 16.4. The third-order valence-corrected chi connectivity index (χ3v) is 3.00. The second-order valence-electron chi connectivity index (χ2n) is 5.32. The van der Waals surface area contributed by atoms with Gasteiger partial charge in [-0.05, 0) is 31.8 Å². The topological polar surface area (TPSA) is 49.3 Å². The Morgan fingerprint density at radius 1 is 1.44 bits per heavy atom. The van der Waals surface area contributed by atoms with Crippen molar-refractivity contribution in [3.05, 3.63) is 0 Å². The van der Waals surface area contributed by atoms with E-state index in [1.54, 1.807) is 0 Å². The highest BCUT2D eigenvalue weighted by Gasteiger charge is 2.31. The number of unbranched alkanes of at least 4 members (excludes halogenated alkanes) is 1. The van der Waals surface area contributed by atoms with Crippen LogP contribution in [-0.4, -0.2) is 32.0 Å². The first kappa shape index (κ1) is 15.5. The van der Waals surface area contributed by atoms with Crippen molar-refractivity contribution in [1.82, 2.24) is 5.32 Å². The first-order chi connectivity index (χ1) is 7.42. The molecule has 0 saturated carbocycles. The van der Waals surface area contributed by atoms with Crippen LogP contribution in [-0.2, 0) is 4.79 Å². The summed E-state index contributed by atoms with van der Waals surface area (Å²) in [6.45, 7) is 8.16. The molecule has 0 heterocycles. The van der Waals surface area contributed by atoms with E-state index in [1.807, 2.05) is 7.85 Å². The van der Waals surface area contributed by atoms with Crippen LogP contribution in [0.1, 0.15) is 46.5 Å². The molecular formula is C12H26BNO2. The molecule has 0 spiro atoms. The number of carboxylic acid groups (broad SMARTS) is 1. The number of rotatable bonds is 9. The van der Waals surface area contributed by atoms with Crippen molar-refractivity contribution >= 4 is 13.8 Å². The average molecular weight is 227 g/mol. The van der Waals surface area contributed by atoms with Gasteiger partial charge in [0.1, 0.15) is 7.85 Å². The number of hydrogen-bond acceptors (Lipinski definition) is 2. The van der Waals surface area contributed by atoms with Crippen molar-refractivity contribution in [3.63, 3.8) is 0 Å². The van der Waals surface area contributed by atoms with E-state index in [-0.39, 0.29) is 0 Å². The minimum Gasteiger partial charge on any atom is -0.481 e. The van der Waals surface area contributed by atoms with E-state index < -0.39 is 11.3 Å². The van der Waals surface area contributed by atoms with Crippen LogP contribution in [0.5, 0.6) is 0 Å². The van der Waals surface area contributed by atoms with Crippen LogP contribution < -0.4 is 5.32 Å². The van der Waals surface area contributed by atoms with Crippen LogP contribution in [0.3, 0.4) is 0 Å². The van der Waals surface area contributed by atoms with Crippen molar-refractivity contribution in [3.8, 4) is 0 Å². The zero-order valence-electron chi connectivity index (χ0n) is 11.2. The lowest BCUT2D eigenvalue weighted by atomic mass is 9.63. The summed E-state index contributed by atoms with van der Waals surface area (Å²) in [6, 6.07) is 0. The van der Waals surface area contributed by atoms with Crippen molar-refractivity contribution in [2.75, 3.05) is 13.1 Å². The van der Waals surface area contributed by atoms with Gasteiger partial charge in [-0.15, -0.1) is 0 Å². The zero-order valence-corrected chi connectivity index (χ0v) is 11.2. The molecule has 0 aromatic heterocycles. The Bertz CT molecular complexity index is 209. The molecule has 0 aromatic rings. The molecule has 0 aliphatic rings. The quantitative estimate of drug-likeness (QED) is 0.465. The lowest BCUT2D eigenvalue weighted by Crippen LogP contribution is -2.30. The number of nitrogens with one attached hydrogen (secondary N) is 1. The third-order valence-electron chi connectivity index (χ3n) is 3.00. The van der Waals surface area contributed by atoms with Crippen LogP contribution in [0.15, 0.2) is 0 Å². The number of aliphatic carboxylic acids is 1. The fourth-order valence-corrected chi connectivity index (χ4v) is 1.66. The van der Waals surface area contributed by atoms with E-state index in [0.29, 0.717) is 5.92 Å². The Morgan fingerprint density at radius 3 is 2.50 bits per heavy atom. The molecule has 94 valence electrons. The van der Waals surface area contributed by atoms with Crippen molar-refractivity contribution in [1.29, 1.82) is 0 Å². The highest BCUT2D eigenvalue weighted by molar-refractivity contribution is 6.26. The molecule has 0 rings (SSSR count). The van der Waals surface area contributed by atoms with Crippen LogP contribution in [0.4, 0.5) is 0 Å². The minimum atomic E-state index is -0.660. The molecule has 4 heteroatoms. The molecule has 0 saturated heterocycles. The van der Waals surface area contributed by atoms with Crippen LogP contribution in [0.25, 0.3) is 0 Å². The molecule has 0 aromatic carbocycles. The summed E-state index contributed by atoms with van der Waals surface area (Å²) in [5.74, 6) is -0.0426. The molecule has 0 bridgehead atoms. The summed E-state index contributed by atoms with van der Waals surface area (Å²) in [5, 5.41) is 12.0. The summed E-state index contributed by atoms with van der Waals surface area (Å²) < 4.78 is 0. The predicted octanol–water partition coefficient (Wildman–Crippen LogP) is 1.69. The molecule has 2 N–H and O–H groups in total. The van der Waals surface area contributed by atoms with Gasteiger partial charge < -0.3 is 10.4 Å². The van der Waals surface area contributed by atoms with Gasteiger partial charge in [-0.3, -0.25) is 4.79 Å². The van der Waals surface area contributed by atoms with Gasteiger partial charge in [-0.25, -0.2) is 0 Å². The Morgan fingerprint density at radius 2 is 2.06 bits per heavy atom. The van der Waals surface area contributed by atoms with Crippen LogP contribution in [0.2, 0.25) is 5.31 Å². The fraction of sp³-hybridized carbons (Fsp3) is 0.917. The van der Waals surface area contributed by atoms with E-state index in [2.05, 4.69) is 26.1 Å². The summed E-state index contributed by atoms with van der Waals surface area (Å²) in [4.78, 5) is 11.2. The second-order valence-corrected chi connectivity index (χ2v) is 5.32. The third kappa shape index (κ3) is 6.16. The summed E-state index contributed by atoms with van der Waals surface area (Å²) in [7, 11) is 1.86. The maximum atomic E-state index is 11.2. The lowest BCUT2D eigenvalue weighted by molar-refractivity contribution is -0.141. The number of carbonyl (C=O) groups is 1. The van der Waals surface area contributed by atoms with Gasteiger partial charge in [-0.1, -0.05) is 33.6 Å². The van der Waals surface area contributed by atoms with Gasteiger partial charge in [0.25, 0.3) is 0 Å². The molecule has 0 radical (unpaired) electrons.